The van der Waals surface area contributed by atoms with Crippen LogP contribution in [0, 0.1) is 3.57 Å². The molecule has 0 radical (unpaired) electrons. The van der Waals surface area contributed by atoms with Gasteiger partial charge in [0.05, 0.1) is 12.2 Å². The number of pyridine rings is 1. The Balaban J connectivity index is 2.13. The summed E-state index contributed by atoms with van der Waals surface area (Å²) in [6.07, 6.45) is 1.99. The summed E-state index contributed by atoms with van der Waals surface area (Å²) in [6.45, 7) is 5.03. The Morgan fingerprint density at radius 2 is 2.17 bits per heavy atom. The highest BCUT2D eigenvalue weighted by molar-refractivity contribution is 14.1. The number of aromatic nitrogens is 1. The highest BCUT2D eigenvalue weighted by atomic mass is 127. The highest BCUT2D eigenvalue weighted by Gasteiger charge is 2.26. The molecule has 130 valence electrons. The SMILES string of the molecule is CCC(Oc1ccc2ncc(I)cc2c1)C(=O)NC(C)(C)CCF. The molecule has 0 saturated carbocycles. The van der Waals surface area contributed by atoms with Gasteiger partial charge in [-0.3, -0.25) is 14.2 Å². The van der Waals surface area contributed by atoms with E-state index in [4.69, 9.17) is 4.74 Å². The van der Waals surface area contributed by atoms with E-state index in [1.54, 1.807) is 20.0 Å². The molecule has 0 spiro atoms. The van der Waals surface area contributed by atoms with Gasteiger partial charge in [-0.25, -0.2) is 0 Å². The van der Waals surface area contributed by atoms with Gasteiger partial charge in [-0.15, -0.1) is 0 Å². The van der Waals surface area contributed by atoms with Gasteiger partial charge >= 0.3 is 0 Å². The number of alkyl halides is 1. The van der Waals surface area contributed by atoms with Crippen LogP contribution in [0.2, 0.25) is 0 Å². The number of benzene rings is 1. The minimum atomic E-state index is -0.614. The van der Waals surface area contributed by atoms with Gasteiger partial charge in [-0.05, 0) is 73.5 Å². The molecule has 0 aliphatic rings. The fraction of sp³-hybridized carbons (Fsp3) is 0.444. The lowest BCUT2D eigenvalue weighted by molar-refractivity contribution is -0.129. The first kappa shape index (κ1) is 18.9. The molecular formula is C18H22FIN2O2. The second-order valence-electron chi connectivity index (χ2n) is 6.33. The number of rotatable bonds is 7. The summed E-state index contributed by atoms with van der Waals surface area (Å²) in [7, 11) is 0. The van der Waals surface area contributed by atoms with Gasteiger partial charge < -0.3 is 10.1 Å². The smallest absolute Gasteiger partial charge is 0.261 e. The molecule has 2 aromatic rings. The van der Waals surface area contributed by atoms with E-state index in [2.05, 4.69) is 32.9 Å². The lowest BCUT2D eigenvalue weighted by Crippen LogP contribution is -2.49. The Morgan fingerprint density at radius 3 is 2.83 bits per heavy atom. The Bertz CT molecular complexity index is 721. The number of hydrogen-bond donors (Lipinski definition) is 1. The zero-order valence-electron chi connectivity index (χ0n) is 14.1. The number of ether oxygens (including phenoxy) is 1. The standard InChI is InChI=1S/C18H22FIN2O2/c1-4-16(17(23)22-18(2,3)7-8-19)24-14-5-6-15-12(10-14)9-13(20)11-21-15/h5-6,9-11,16H,4,7-8H2,1-3H3,(H,22,23). The maximum absolute atomic E-state index is 12.6. The Morgan fingerprint density at radius 1 is 1.42 bits per heavy atom. The lowest BCUT2D eigenvalue weighted by atomic mass is 10.0. The van der Waals surface area contributed by atoms with Gasteiger partial charge in [-0.2, -0.15) is 0 Å². The molecule has 1 aromatic heterocycles. The first-order valence-electron chi connectivity index (χ1n) is 7.94. The van der Waals surface area contributed by atoms with Gasteiger partial charge in [0.1, 0.15) is 5.75 Å². The minimum absolute atomic E-state index is 0.225. The Labute approximate surface area is 155 Å². The number of amides is 1. The lowest BCUT2D eigenvalue weighted by Gasteiger charge is -2.28. The van der Waals surface area contributed by atoms with Crippen LogP contribution in [0.25, 0.3) is 10.9 Å². The molecule has 1 N–H and O–H groups in total. The number of carbonyl (C=O) groups excluding carboxylic acids is 1. The van der Waals surface area contributed by atoms with Crippen LogP contribution in [0.1, 0.15) is 33.6 Å². The fourth-order valence-corrected chi connectivity index (χ4v) is 2.83. The van der Waals surface area contributed by atoms with E-state index < -0.39 is 18.3 Å². The van der Waals surface area contributed by atoms with Crippen molar-refractivity contribution in [2.45, 2.75) is 45.3 Å². The second kappa shape index (κ2) is 8.09. The molecule has 0 aliphatic heterocycles. The molecule has 6 heteroatoms. The van der Waals surface area contributed by atoms with Gasteiger partial charge in [-0.1, -0.05) is 6.92 Å². The van der Waals surface area contributed by atoms with Crippen molar-refractivity contribution in [3.05, 3.63) is 34.0 Å². The monoisotopic (exact) mass is 444 g/mol. The third-order valence-electron chi connectivity index (χ3n) is 3.74. The molecule has 4 nitrogen and oxygen atoms in total. The highest BCUT2D eigenvalue weighted by Crippen LogP contribution is 2.22. The molecule has 1 amide bonds. The number of halogens is 2. The van der Waals surface area contributed by atoms with Crippen LogP contribution in [0.15, 0.2) is 30.5 Å². The van der Waals surface area contributed by atoms with Crippen LogP contribution >= 0.6 is 22.6 Å². The van der Waals surface area contributed by atoms with Crippen LogP contribution in [0.3, 0.4) is 0 Å². The van der Waals surface area contributed by atoms with Crippen molar-refractivity contribution in [2.24, 2.45) is 0 Å². The number of nitrogens with one attached hydrogen (secondary N) is 1. The summed E-state index contributed by atoms with van der Waals surface area (Å²) >= 11 is 2.21. The van der Waals surface area contributed by atoms with E-state index in [9.17, 15) is 9.18 Å². The molecule has 24 heavy (non-hydrogen) atoms. The summed E-state index contributed by atoms with van der Waals surface area (Å²) in [5, 5.41) is 3.82. The van der Waals surface area contributed by atoms with Crippen molar-refractivity contribution >= 4 is 39.4 Å². The van der Waals surface area contributed by atoms with Gasteiger partial charge in [0.25, 0.3) is 5.91 Å². The summed E-state index contributed by atoms with van der Waals surface area (Å²) in [4.78, 5) is 16.8. The van der Waals surface area contributed by atoms with Crippen molar-refractivity contribution in [2.75, 3.05) is 6.67 Å². The Hall–Kier alpha value is -1.44. The minimum Gasteiger partial charge on any atom is -0.481 e. The van der Waals surface area contributed by atoms with Gasteiger partial charge in [0, 0.05) is 20.7 Å². The van der Waals surface area contributed by atoms with E-state index in [1.807, 2.05) is 31.2 Å². The van der Waals surface area contributed by atoms with Crippen LogP contribution in [0.5, 0.6) is 5.75 Å². The molecule has 1 unspecified atom stereocenters. The topological polar surface area (TPSA) is 51.2 Å². The quantitative estimate of drug-likeness (QED) is 0.650. The van der Waals surface area contributed by atoms with Crippen LogP contribution in [-0.2, 0) is 4.79 Å². The fourth-order valence-electron chi connectivity index (χ4n) is 2.36. The zero-order valence-corrected chi connectivity index (χ0v) is 16.3. The molecule has 0 aliphatic carbocycles. The van der Waals surface area contributed by atoms with Crippen LogP contribution in [-0.4, -0.2) is 29.2 Å². The number of fused-ring (bicyclic) bond motifs is 1. The number of carbonyl (C=O) groups is 1. The van der Waals surface area contributed by atoms with E-state index in [-0.39, 0.29) is 12.3 Å². The largest absolute Gasteiger partial charge is 0.481 e. The molecule has 1 atom stereocenters. The predicted octanol–water partition coefficient (Wildman–Crippen LogP) is 4.25. The summed E-state index contributed by atoms with van der Waals surface area (Å²) in [5.74, 6) is 0.397. The van der Waals surface area contributed by atoms with E-state index in [0.29, 0.717) is 12.2 Å². The predicted molar refractivity (Wildman–Crippen MR) is 102 cm³/mol. The maximum Gasteiger partial charge on any atom is 0.261 e. The van der Waals surface area contributed by atoms with Crippen molar-refractivity contribution in [1.82, 2.24) is 10.3 Å². The number of nitrogens with zero attached hydrogens (tertiary/aromatic N) is 1. The molecule has 1 aromatic carbocycles. The van der Waals surface area contributed by atoms with Crippen molar-refractivity contribution in [3.8, 4) is 5.75 Å². The van der Waals surface area contributed by atoms with Gasteiger partial charge in [0.2, 0.25) is 0 Å². The second-order valence-corrected chi connectivity index (χ2v) is 7.58. The first-order valence-corrected chi connectivity index (χ1v) is 9.02. The molecule has 0 bridgehead atoms. The van der Waals surface area contributed by atoms with E-state index in [0.717, 1.165) is 14.5 Å². The zero-order chi connectivity index (χ0) is 17.7. The third kappa shape index (κ3) is 5.03. The molecule has 2 rings (SSSR count). The summed E-state index contributed by atoms with van der Waals surface area (Å²) in [6, 6.07) is 7.58. The number of hydrogen-bond acceptors (Lipinski definition) is 3. The Kier molecular flexibility index (Phi) is 6.37. The normalized spacial score (nSPS) is 12.9. The summed E-state index contributed by atoms with van der Waals surface area (Å²) < 4.78 is 19.5. The molecule has 1 heterocycles. The van der Waals surface area contributed by atoms with Crippen molar-refractivity contribution < 1.29 is 13.9 Å². The molecular weight excluding hydrogens is 422 g/mol. The average molecular weight is 444 g/mol. The van der Waals surface area contributed by atoms with Crippen molar-refractivity contribution in [1.29, 1.82) is 0 Å². The third-order valence-corrected chi connectivity index (χ3v) is 4.33. The molecule has 0 fully saturated rings. The van der Waals surface area contributed by atoms with Crippen molar-refractivity contribution in [3.63, 3.8) is 0 Å². The van der Waals surface area contributed by atoms with E-state index in [1.165, 1.54) is 0 Å². The molecule has 0 saturated heterocycles. The average Bonchev–Trinajstić information content (AvgIpc) is 2.51. The van der Waals surface area contributed by atoms with Gasteiger partial charge in [0.15, 0.2) is 6.10 Å². The van der Waals surface area contributed by atoms with Crippen LogP contribution in [0.4, 0.5) is 4.39 Å². The van der Waals surface area contributed by atoms with Crippen LogP contribution < -0.4 is 10.1 Å². The first-order chi connectivity index (χ1) is 11.3. The maximum atomic E-state index is 12.6. The summed E-state index contributed by atoms with van der Waals surface area (Å²) in [5.41, 5.74) is 0.288. The van der Waals surface area contributed by atoms with E-state index >= 15 is 0 Å².